The molecule has 2 aromatic rings. The van der Waals surface area contributed by atoms with Gasteiger partial charge in [-0.3, -0.25) is 14.4 Å². The van der Waals surface area contributed by atoms with Crippen LogP contribution in [0, 0.1) is 0 Å². The first-order valence-electron chi connectivity index (χ1n) is 10.1. The van der Waals surface area contributed by atoms with Gasteiger partial charge in [0, 0.05) is 29.5 Å². The molecule has 2 heterocycles. The molecular weight excluding hydrogens is 519 g/mol. The Kier molecular flexibility index (Phi) is 10.1. The maximum absolute atomic E-state index is 12.2. The highest BCUT2D eigenvalue weighted by atomic mass is 35.5. The first-order valence-corrected chi connectivity index (χ1v) is 11.3. The van der Waals surface area contributed by atoms with Gasteiger partial charge in [-0.1, -0.05) is 47.6 Å². The number of hydrogen-bond acceptors (Lipinski definition) is 7. The predicted octanol–water partition coefficient (Wildman–Crippen LogP) is 2.66. The number of hydrogen-bond donors (Lipinski definition) is 4. The van der Waals surface area contributed by atoms with Crippen LogP contribution in [-0.4, -0.2) is 67.3 Å². The zero-order chi connectivity index (χ0) is 26.3. The number of nitrogens with zero attached hydrogens (tertiary/aromatic N) is 2. The SMILES string of the molecule is CC(=O)N1CC(=S)C[C@H]1C(=O)O.NC(Cc1cccc(NC(=O)c2cc(Cl)nc(Cl)c2)c1)C(=O)O. The minimum atomic E-state index is -1.08. The van der Waals surface area contributed by atoms with E-state index in [1.54, 1.807) is 24.3 Å². The Morgan fingerprint density at radius 2 is 1.83 bits per heavy atom. The lowest BCUT2D eigenvalue weighted by Gasteiger charge is -2.18. The van der Waals surface area contributed by atoms with E-state index in [4.69, 9.17) is 51.4 Å². The van der Waals surface area contributed by atoms with Gasteiger partial charge in [-0.05, 0) is 36.2 Å². The summed E-state index contributed by atoms with van der Waals surface area (Å²) in [4.78, 5) is 50.2. The van der Waals surface area contributed by atoms with Gasteiger partial charge in [0.2, 0.25) is 5.91 Å². The number of nitrogens with one attached hydrogen (secondary N) is 1. The zero-order valence-electron chi connectivity index (χ0n) is 18.4. The lowest BCUT2D eigenvalue weighted by molar-refractivity contribution is -0.147. The molecule has 0 aliphatic carbocycles. The molecule has 1 fully saturated rings. The molecule has 0 spiro atoms. The summed E-state index contributed by atoms with van der Waals surface area (Å²) >= 11 is 16.4. The number of carboxylic acids is 2. The third-order valence-electron chi connectivity index (χ3n) is 4.82. The van der Waals surface area contributed by atoms with Crippen LogP contribution in [-0.2, 0) is 20.8 Å². The summed E-state index contributed by atoms with van der Waals surface area (Å²) in [6, 6.07) is 7.82. The molecule has 10 nitrogen and oxygen atoms in total. The summed E-state index contributed by atoms with van der Waals surface area (Å²) in [7, 11) is 0. The number of halogens is 2. The fourth-order valence-electron chi connectivity index (χ4n) is 3.16. The van der Waals surface area contributed by atoms with E-state index in [1.165, 1.54) is 24.0 Å². The number of pyridine rings is 1. The van der Waals surface area contributed by atoms with Gasteiger partial charge < -0.3 is 26.2 Å². The van der Waals surface area contributed by atoms with E-state index in [9.17, 15) is 19.2 Å². The van der Waals surface area contributed by atoms with Crippen molar-refractivity contribution in [3.8, 4) is 0 Å². The molecule has 0 bridgehead atoms. The van der Waals surface area contributed by atoms with Crippen molar-refractivity contribution in [2.45, 2.75) is 31.8 Å². The second kappa shape index (κ2) is 12.5. The molecule has 2 atom stereocenters. The monoisotopic (exact) mass is 540 g/mol. The number of carboxylic acid groups (broad SMARTS) is 2. The summed E-state index contributed by atoms with van der Waals surface area (Å²) in [6.07, 6.45) is 0.468. The number of benzene rings is 1. The quantitative estimate of drug-likeness (QED) is 0.318. The third kappa shape index (κ3) is 8.55. The molecule has 35 heavy (non-hydrogen) atoms. The van der Waals surface area contributed by atoms with Crippen LogP contribution in [0.15, 0.2) is 36.4 Å². The number of carbonyl (C=O) groups is 4. The number of likely N-dealkylation sites (tertiary alicyclic amines) is 1. The molecule has 2 amide bonds. The van der Waals surface area contributed by atoms with Gasteiger partial charge in [0.15, 0.2) is 0 Å². The lowest BCUT2D eigenvalue weighted by atomic mass is 10.1. The fourth-order valence-corrected chi connectivity index (χ4v) is 3.92. The highest BCUT2D eigenvalue weighted by Crippen LogP contribution is 2.18. The standard InChI is InChI=1S/C15H13Cl2N3O3.C7H9NO3S/c16-12-6-9(7-13(17)20-12)14(21)19-10-3-1-2-8(4-10)5-11(18)15(22)23;1-4(9)8-3-5(12)2-6(8)7(10)11/h1-4,6-7,11H,5,18H2,(H,19,21)(H,22,23);6H,2-3H2,1H3,(H,10,11)/t;6-/m.0/s1. The van der Waals surface area contributed by atoms with Crippen molar-refractivity contribution < 1.29 is 29.4 Å². The van der Waals surface area contributed by atoms with Gasteiger partial charge in [0.05, 0.1) is 6.54 Å². The second-order valence-electron chi connectivity index (χ2n) is 7.55. The Morgan fingerprint density at radius 3 is 2.34 bits per heavy atom. The van der Waals surface area contributed by atoms with Crippen molar-refractivity contribution in [1.29, 1.82) is 0 Å². The maximum atomic E-state index is 12.2. The van der Waals surface area contributed by atoms with E-state index < -0.39 is 29.9 Å². The van der Waals surface area contributed by atoms with Crippen molar-refractivity contribution in [1.82, 2.24) is 9.88 Å². The van der Waals surface area contributed by atoms with Crippen molar-refractivity contribution in [2.24, 2.45) is 5.73 Å². The van der Waals surface area contributed by atoms with Crippen LogP contribution < -0.4 is 11.1 Å². The average molecular weight is 541 g/mol. The Bertz CT molecular complexity index is 1120. The summed E-state index contributed by atoms with van der Waals surface area (Å²) in [6.45, 7) is 1.66. The van der Waals surface area contributed by atoms with Crippen LogP contribution in [0.1, 0.15) is 29.3 Å². The molecule has 1 aromatic heterocycles. The first-order chi connectivity index (χ1) is 16.4. The molecule has 5 N–H and O–H groups in total. The van der Waals surface area contributed by atoms with Gasteiger partial charge in [-0.25, -0.2) is 9.78 Å². The largest absolute Gasteiger partial charge is 0.480 e. The Balaban J connectivity index is 0.000000303. The molecule has 186 valence electrons. The van der Waals surface area contributed by atoms with E-state index in [-0.39, 0.29) is 28.2 Å². The summed E-state index contributed by atoms with van der Waals surface area (Å²) < 4.78 is 0. The normalized spacial score (nSPS) is 15.6. The van der Waals surface area contributed by atoms with Gasteiger partial charge in [-0.2, -0.15) is 0 Å². The molecule has 1 aliphatic heterocycles. The lowest BCUT2D eigenvalue weighted by Crippen LogP contribution is -2.39. The maximum Gasteiger partial charge on any atom is 0.326 e. The zero-order valence-corrected chi connectivity index (χ0v) is 20.7. The van der Waals surface area contributed by atoms with Crippen LogP contribution in [0.25, 0.3) is 0 Å². The highest BCUT2D eigenvalue weighted by Gasteiger charge is 2.34. The van der Waals surface area contributed by atoms with Crippen molar-refractivity contribution in [2.75, 3.05) is 11.9 Å². The van der Waals surface area contributed by atoms with Crippen molar-refractivity contribution in [3.63, 3.8) is 0 Å². The van der Waals surface area contributed by atoms with E-state index >= 15 is 0 Å². The number of rotatable bonds is 6. The third-order valence-corrected chi connectivity index (χ3v) is 5.50. The number of nitrogens with two attached hydrogens (primary N) is 1. The van der Waals surface area contributed by atoms with Gasteiger partial charge in [0.25, 0.3) is 5.91 Å². The smallest absolute Gasteiger partial charge is 0.326 e. The van der Waals surface area contributed by atoms with Crippen LogP contribution in [0.4, 0.5) is 5.69 Å². The number of carbonyl (C=O) groups excluding carboxylic acids is 2. The minimum Gasteiger partial charge on any atom is -0.480 e. The van der Waals surface area contributed by atoms with Gasteiger partial charge >= 0.3 is 11.9 Å². The molecule has 1 saturated heterocycles. The molecule has 0 saturated carbocycles. The molecule has 3 rings (SSSR count). The van der Waals surface area contributed by atoms with Crippen LogP contribution in [0.2, 0.25) is 10.3 Å². The molecule has 1 unspecified atom stereocenters. The van der Waals surface area contributed by atoms with Gasteiger partial charge in [-0.15, -0.1) is 0 Å². The number of aromatic nitrogens is 1. The molecule has 0 radical (unpaired) electrons. The average Bonchev–Trinajstić information content (AvgIpc) is 3.16. The first kappa shape index (κ1) is 28.1. The van der Waals surface area contributed by atoms with Crippen LogP contribution in [0.5, 0.6) is 0 Å². The summed E-state index contributed by atoms with van der Waals surface area (Å²) in [5.41, 5.74) is 6.97. The second-order valence-corrected chi connectivity index (χ2v) is 8.90. The number of amides is 2. The van der Waals surface area contributed by atoms with E-state index in [0.29, 0.717) is 29.1 Å². The van der Waals surface area contributed by atoms with Gasteiger partial charge in [0.1, 0.15) is 22.4 Å². The summed E-state index contributed by atoms with van der Waals surface area (Å²) in [5, 5.41) is 20.4. The minimum absolute atomic E-state index is 0.115. The Labute approximate surface area is 216 Å². The topological polar surface area (TPSA) is 163 Å². The van der Waals surface area contributed by atoms with E-state index in [2.05, 4.69) is 10.3 Å². The fraction of sp³-hybridized carbons (Fsp3) is 0.273. The van der Waals surface area contributed by atoms with Crippen molar-refractivity contribution >= 4 is 69.7 Å². The highest BCUT2D eigenvalue weighted by molar-refractivity contribution is 7.80. The number of aliphatic carboxylic acids is 2. The van der Waals surface area contributed by atoms with Crippen LogP contribution in [0.3, 0.4) is 0 Å². The van der Waals surface area contributed by atoms with Crippen molar-refractivity contribution in [3.05, 3.63) is 57.8 Å². The molecular formula is C22H22Cl2N4O6S. The number of anilines is 1. The van der Waals surface area contributed by atoms with E-state index in [0.717, 1.165) is 0 Å². The Morgan fingerprint density at radius 1 is 1.20 bits per heavy atom. The van der Waals surface area contributed by atoms with Crippen LogP contribution >= 0.6 is 35.4 Å². The molecule has 13 heteroatoms. The predicted molar refractivity (Wildman–Crippen MR) is 134 cm³/mol. The molecule has 1 aromatic carbocycles. The molecule has 1 aliphatic rings. The Hall–Kier alpha value is -3.12. The number of thiocarbonyl (C=S) groups is 1. The van der Waals surface area contributed by atoms with E-state index in [1.807, 2.05) is 0 Å². The summed E-state index contributed by atoms with van der Waals surface area (Å²) in [5.74, 6) is -2.70.